The van der Waals surface area contributed by atoms with Crippen LogP contribution in [0.25, 0.3) is 0 Å². The van der Waals surface area contributed by atoms with Crippen LogP contribution in [0.3, 0.4) is 0 Å². The van der Waals surface area contributed by atoms with Crippen LogP contribution in [0, 0.1) is 12.8 Å². The van der Waals surface area contributed by atoms with E-state index in [2.05, 4.69) is 15.2 Å². The second kappa shape index (κ2) is 5.99. The molecule has 4 heteroatoms. The SMILES string of the molecule is Cc1cccc([C@@H](NC(=O)C(C)(C)N2CCCC2)C2CC2)n1. The van der Waals surface area contributed by atoms with E-state index in [1.165, 1.54) is 25.7 Å². The van der Waals surface area contributed by atoms with Crippen LogP contribution < -0.4 is 5.32 Å². The maximum atomic E-state index is 12.9. The molecular weight excluding hydrogens is 274 g/mol. The fourth-order valence-electron chi connectivity index (χ4n) is 3.34. The molecule has 1 saturated heterocycles. The first kappa shape index (κ1) is 15.5. The molecule has 2 heterocycles. The zero-order valence-corrected chi connectivity index (χ0v) is 13.9. The van der Waals surface area contributed by atoms with E-state index < -0.39 is 5.54 Å². The van der Waals surface area contributed by atoms with Gasteiger partial charge in [-0.3, -0.25) is 14.7 Å². The summed E-state index contributed by atoms with van der Waals surface area (Å²) in [6, 6.07) is 6.14. The van der Waals surface area contributed by atoms with E-state index in [-0.39, 0.29) is 11.9 Å². The van der Waals surface area contributed by atoms with Crippen molar-refractivity contribution in [1.82, 2.24) is 15.2 Å². The number of nitrogens with one attached hydrogen (secondary N) is 1. The number of carbonyl (C=O) groups is 1. The van der Waals surface area contributed by atoms with Gasteiger partial charge in [-0.1, -0.05) is 6.07 Å². The van der Waals surface area contributed by atoms with Crippen LogP contribution in [-0.2, 0) is 4.79 Å². The first-order valence-electron chi connectivity index (χ1n) is 8.48. The summed E-state index contributed by atoms with van der Waals surface area (Å²) in [6.07, 6.45) is 4.76. The van der Waals surface area contributed by atoms with Gasteiger partial charge in [0.25, 0.3) is 0 Å². The quantitative estimate of drug-likeness (QED) is 0.909. The van der Waals surface area contributed by atoms with Gasteiger partial charge in [-0.15, -0.1) is 0 Å². The molecule has 22 heavy (non-hydrogen) atoms. The van der Waals surface area contributed by atoms with Crippen LogP contribution in [0.1, 0.15) is 57.0 Å². The van der Waals surface area contributed by atoms with Gasteiger partial charge < -0.3 is 5.32 Å². The number of hydrogen-bond donors (Lipinski definition) is 1. The summed E-state index contributed by atoms with van der Waals surface area (Å²) in [7, 11) is 0. The maximum Gasteiger partial charge on any atom is 0.240 e. The Morgan fingerprint density at radius 2 is 2.00 bits per heavy atom. The molecule has 2 fully saturated rings. The number of nitrogens with zero attached hydrogens (tertiary/aromatic N) is 2. The molecule has 0 unspecified atom stereocenters. The molecule has 1 saturated carbocycles. The maximum absolute atomic E-state index is 12.9. The first-order valence-corrected chi connectivity index (χ1v) is 8.48. The summed E-state index contributed by atoms with van der Waals surface area (Å²) in [6.45, 7) is 8.14. The van der Waals surface area contributed by atoms with E-state index in [1.54, 1.807) is 0 Å². The average Bonchev–Trinajstić information content (AvgIpc) is 3.16. The minimum Gasteiger partial charge on any atom is -0.346 e. The molecule has 0 spiro atoms. The van der Waals surface area contributed by atoms with Crippen molar-refractivity contribution in [3.63, 3.8) is 0 Å². The summed E-state index contributed by atoms with van der Waals surface area (Å²) < 4.78 is 0. The smallest absolute Gasteiger partial charge is 0.240 e. The molecule has 1 aromatic heterocycles. The molecule has 1 atom stereocenters. The highest BCUT2D eigenvalue weighted by molar-refractivity contribution is 5.85. The lowest BCUT2D eigenvalue weighted by Crippen LogP contribution is -2.54. The third-order valence-corrected chi connectivity index (χ3v) is 5.06. The van der Waals surface area contributed by atoms with Gasteiger partial charge in [0, 0.05) is 5.69 Å². The number of pyridine rings is 1. The topological polar surface area (TPSA) is 45.2 Å². The van der Waals surface area contributed by atoms with Gasteiger partial charge in [0.2, 0.25) is 5.91 Å². The second-order valence-electron chi connectivity index (χ2n) is 7.25. The number of aromatic nitrogens is 1. The van der Waals surface area contributed by atoms with Crippen molar-refractivity contribution < 1.29 is 4.79 Å². The lowest BCUT2D eigenvalue weighted by molar-refractivity contribution is -0.132. The molecule has 0 radical (unpaired) electrons. The molecule has 1 aliphatic carbocycles. The van der Waals surface area contributed by atoms with Crippen molar-refractivity contribution in [2.45, 2.75) is 58.0 Å². The highest BCUT2D eigenvalue weighted by atomic mass is 16.2. The molecule has 2 aliphatic rings. The normalized spacial score (nSPS) is 20.9. The van der Waals surface area contributed by atoms with Gasteiger partial charge in [0.1, 0.15) is 0 Å². The summed E-state index contributed by atoms with van der Waals surface area (Å²) in [5.41, 5.74) is 1.58. The lowest BCUT2D eigenvalue weighted by Gasteiger charge is -2.35. The summed E-state index contributed by atoms with van der Waals surface area (Å²) in [5, 5.41) is 3.30. The van der Waals surface area contributed by atoms with Crippen LogP contribution in [0.4, 0.5) is 0 Å². The van der Waals surface area contributed by atoms with Crippen molar-refractivity contribution in [1.29, 1.82) is 0 Å². The third kappa shape index (κ3) is 3.17. The molecule has 1 aromatic rings. The van der Waals surface area contributed by atoms with E-state index >= 15 is 0 Å². The molecule has 0 aromatic carbocycles. The fourth-order valence-corrected chi connectivity index (χ4v) is 3.34. The van der Waals surface area contributed by atoms with Gasteiger partial charge in [-0.2, -0.15) is 0 Å². The van der Waals surface area contributed by atoms with Crippen LogP contribution in [0.2, 0.25) is 0 Å². The van der Waals surface area contributed by atoms with Gasteiger partial charge >= 0.3 is 0 Å². The Labute approximate surface area is 133 Å². The number of rotatable bonds is 5. The van der Waals surface area contributed by atoms with E-state index in [4.69, 9.17) is 0 Å². The highest BCUT2D eigenvalue weighted by Gasteiger charge is 2.40. The van der Waals surface area contributed by atoms with E-state index in [0.29, 0.717) is 5.92 Å². The van der Waals surface area contributed by atoms with Crippen LogP contribution in [0.15, 0.2) is 18.2 Å². The van der Waals surface area contributed by atoms with Crippen molar-refractivity contribution >= 4 is 5.91 Å². The van der Waals surface area contributed by atoms with Gasteiger partial charge in [-0.25, -0.2) is 0 Å². The van der Waals surface area contributed by atoms with E-state index in [0.717, 1.165) is 24.5 Å². The second-order valence-corrected chi connectivity index (χ2v) is 7.25. The average molecular weight is 301 g/mol. The summed E-state index contributed by atoms with van der Waals surface area (Å²) >= 11 is 0. The lowest BCUT2D eigenvalue weighted by atomic mass is 9.99. The molecule has 0 bridgehead atoms. The Morgan fingerprint density at radius 3 is 2.59 bits per heavy atom. The molecule has 3 rings (SSSR count). The molecular formula is C18H27N3O. The fraction of sp³-hybridized carbons (Fsp3) is 0.667. The number of carbonyl (C=O) groups excluding carboxylic acids is 1. The Bertz CT molecular complexity index is 545. The number of likely N-dealkylation sites (tertiary alicyclic amines) is 1. The Kier molecular flexibility index (Phi) is 4.22. The third-order valence-electron chi connectivity index (χ3n) is 5.06. The van der Waals surface area contributed by atoms with Crippen molar-refractivity contribution in [2.24, 2.45) is 5.92 Å². The molecule has 1 aliphatic heterocycles. The zero-order valence-electron chi connectivity index (χ0n) is 13.9. The Balaban J connectivity index is 1.75. The Morgan fingerprint density at radius 1 is 1.32 bits per heavy atom. The summed E-state index contributed by atoms with van der Waals surface area (Å²) in [5.74, 6) is 0.683. The monoisotopic (exact) mass is 301 g/mol. The number of hydrogen-bond acceptors (Lipinski definition) is 3. The highest BCUT2D eigenvalue weighted by Crippen LogP contribution is 2.41. The van der Waals surface area contributed by atoms with Gasteiger partial charge in [-0.05, 0) is 77.6 Å². The van der Waals surface area contributed by atoms with Crippen molar-refractivity contribution in [2.75, 3.05) is 13.1 Å². The number of amides is 1. The van der Waals surface area contributed by atoms with E-state index in [9.17, 15) is 4.79 Å². The van der Waals surface area contributed by atoms with Gasteiger partial charge in [0.15, 0.2) is 0 Å². The molecule has 4 nitrogen and oxygen atoms in total. The van der Waals surface area contributed by atoms with Crippen LogP contribution >= 0.6 is 0 Å². The molecule has 1 amide bonds. The minimum absolute atomic E-state index is 0.0641. The largest absolute Gasteiger partial charge is 0.346 e. The van der Waals surface area contributed by atoms with Gasteiger partial charge in [0.05, 0.1) is 17.3 Å². The van der Waals surface area contributed by atoms with Crippen molar-refractivity contribution in [3.05, 3.63) is 29.6 Å². The van der Waals surface area contributed by atoms with E-state index in [1.807, 2.05) is 39.0 Å². The van der Waals surface area contributed by atoms with Crippen LogP contribution in [-0.4, -0.2) is 34.4 Å². The standard InChI is InChI=1S/C18H27N3O/c1-13-7-6-8-15(19-13)16(14-9-10-14)20-17(22)18(2,3)21-11-4-5-12-21/h6-8,14,16H,4-5,9-12H2,1-3H3,(H,20,22)/t16-/m0/s1. The van der Waals surface area contributed by atoms with Crippen molar-refractivity contribution in [3.8, 4) is 0 Å². The predicted molar refractivity (Wildman–Crippen MR) is 87.5 cm³/mol. The summed E-state index contributed by atoms with van der Waals surface area (Å²) in [4.78, 5) is 19.8. The Hall–Kier alpha value is -1.42. The zero-order chi connectivity index (χ0) is 15.7. The first-order chi connectivity index (χ1) is 10.5. The van der Waals surface area contributed by atoms with Crippen LogP contribution in [0.5, 0.6) is 0 Å². The molecule has 1 N–H and O–H groups in total. The minimum atomic E-state index is -0.437. The number of aryl methyl sites for hydroxylation is 1. The molecule has 120 valence electrons. The predicted octanol–water partition coefficient (Wildman–Crippen LogP) is 2.83.